The van der Waals surface area contributed by atoms with Gasteiger partial charge in [-0.3, -0.25) is 4.79 Å². The number of rotatable bonds is 10. The maximum absolute atomic E-state index is 11.2. The number of primary amides is 1. The molecule has 0 aromatic rings. The van der Waals surface area contributed by atoms with Gasteiger partial charge in [0.15, 0.2) is 0 Å². The van der Waals surface area contributed by atoms with Crippen LogP contribution in [-0.2, 0) is 9.53 Å². The first-order valence-corrected chi connectivity index (χ1v) is 6.49. The van der Waals surface area contributed by atoms with Crippen molar-refractivity contribution in [1.82, 2.24) is 5.32 Å². The summed E-state index contributed by atoms with van der Waals surface area (Å²) in [6.07, 6.45) is 3.87. The van der Waals surface area contributed by atoms with E-state index in [0.29, 0.717) is 13.0 Å². The number of nitrogens with one attached hydrogen (secondary N) is 1. The number of carbonyl (C=O) groups excluding carboxylic acids is 1. The molecular weight excluding hydrogens is 216 g/mol. The minimum absolute atomic E-state index is 0.306. The first kappa shape index (κ1) is 16.4. The largest absolute Gasteiger partial charge is 0.381 e. The molecule has 0 bridgehead atoms. The quantitative estimate of drug-likeness (QED) is 0.575. The molecule has 1 amide bonds. The van der Waals surface area contributed by atoms with Crippen molar-refractivity contribution in [2.45, 2.75) is 52.0 Å². The van der Waals surface area contributed by atoms with Crippen LogP contribution in [0.25, 0.3) is 0 Å². The van der Waals surface area contributed by atoms with Gasteiger partial charge < -0.3 is 15.8 Å². The monoisotopic (exact) mass is 244 g/mol. The highest BCUT2D eigenvalue weighted by atomic mass is 16.5. The maximum Gasteiger partial charge on any atom is 0.237 e. The van der Waals surface area contributed by atoms with Gasteiger partial charge in [0, 0.05) is 13.2 Å². The molecule has 17 heavy (non-hydrogen) atoms. The highest BCUT2D eigenvalue weighted by Crippen LogP contribution is 2.11. The lowest BCUT2D eigenvalue weighted by Crippen LogP contribution is -2.51. The SMILES string of the molecule is CNC(C)(CCCOCCCC(C)C)C(N)=O. The predicted molar refractivity (Wildman–Crippen MR) is 70.8 cm³/mol. The molecule has 0 fully saturated rings. The van der Waals surface area contributed by atoms with E-state index in [0.717, 1.165) is 25.4 Å². The molecule has 1 unspecified atom stereocenters. The summed E-state index contributed by atoms with van der Waals surface area (Å²) in [5.41, 5.74) is 4.73. The van der Waals surface area contributed by atoms with Crippen molar-refractivity contribution < 1.29 is 9.53 Å². The van der Waals surface area contributed by atoms with Crippen LogP contribution in [0.4, 0.5) is 0 Å². The molecule has 102 valence electrons. The van der Waals surface area contributed by atoms with Gasteiger partial charge in [-0.25, -0.2) is 0 Å². The lowest BCUT2D eigenvalue weighted by molar-refractivity contribution is -0.124. The molecule has 1 atom stereocenters. The van der Waals surface area contributed by atoms with Crippen LogP contribution in [0.3, 0.4) is 0 Å². The third kappa shape index (κ3) is 7.34. The maximum atomic E-state index is 11.2. The standard InChI is InChI=1S/C13H28N2O2/c1-11(2)7-5-9-17-10-6-8-13(3,15-4)12(14)16/h11,15H,5-10H2,1-4H3,(H2,14,16). The van der Waals surface area contributed by atoms with E-state index in [1.165, 1.54) is 6.42 Å². The molecule has 3 N–H and O–H groups in total. The van der Waals surface area contributed by atoms with E-state index < -0.39 is 5.54 Å². The molecule has 4 nitrogen and oxygen atoms in total. The van der Waals surface area contributed by atoms with Crippen LogP contribution in [0, 0.1) is 5.92 Å². The van der Waals surface area contributed by atoms with Gasteiger partial charge >= 0.3 is 0 Å². The van der Waals surface area contributed by atoms with Gasteiger partial charge in [-0.1, -0.05) is 13.8 Å². The van der Waals surface area contributed by atoms with Gasteiger partial charge in [-0.2, -0.15) is 0 Å². The highest BCUT2D eigenvalue weighted by Gasteiger charge is 2.27. The fourth-order valence-corrected chi connectivity index (χ4v) is 1.59. The Bertz CT molecular complexity index is 219. The summed E-state index contributed by atoms with van der Waals surface area (Å²) in [5, 5.41) is 2.96. The molecule has 4 heteroatoms. The molecule has 0 saturated heterocycles. The van der Waals surface area contributed by atoms with Gasteiger partial charge in [0.1, 0.15) is 0 Å². The third-order valence-electron chi connectivity index (χ3n) is 3.13. The smallest absolute Gasteiger partial charge is 0.237 e. The summed E-state index contributed by atoms with van der Waals surface area (Å²) in [5.74, 6) is 0.431. The van der Waals surface area contributed by atoms with E-state index >= 15 is 0 Å². The molecule has 0 radical (unpaired) electrons. The second-order valence-corrected chi connectivity index (χ2v) is 5.20. The zero-order valence-electron chi connectivity index (χ0n) is 11.7. The van der Waals surface area contributed by atoms with Crippen molar-refractivity contribution in [2.24, 2.45) is 11.7 Å². The van der Waals surface area contributed by atoms with Gasteiger partial charge in [-0.15, -0.1) is 0 Å². The summed E-state index contributed by atoms with van der Waals surface area (Å²) >= 11 is 0. The Morgan fingerprint density at radius 1 is 1.35 bits per heavy atom. The summed E-state index contributed by atoms with van der Waals surface area (Å²) in [4.78, 5) is 11.2. The average molecular weight is 244 g/mol. The number of likely N-dealkylation sites (N-methyl/N-ethyl adjacent to an activating group) is 1. The number of hydrogen-bond acceptors (Lipinski definition) is 3. The first-order valence-electron chi connectivity index (χ1n) is 6.49. The van der Waals surface area contributed by atoms with Crippen molar-refractivity contribution in [1.29, 1.82) is 0 Å². The third-order valence-corrected chi connectivity index (χ3v) is 3.13. The summed E-state index contributed by atoms with van der Waals surface area (Å²) in [7, 11) is 1.76. The fraction of sp³-hybridized carbons (Fsp3) is 0.923. The summed E-state index contributed by atoms with van der Waals surface area (Å²) in [6, 6.07) is 0. The molecule has 0 spiro atoms. The van der Waals surface area contributed by atoms with E-state index in [1.54, 1.807) is 7.05 Å². The van der Waals surface area contributed by atoms with Crippen molar-refractivity contribution >= 4 is 5.91 Å². The normalized spacial score (nSPS) is 14.9. The lowest BCUT2D eigenvalue weighted by Gasteiger charge is -2.25. The van der Waals surface area contributed by atoms with Crippen LogP contribution in [-0.4, -0.2) is 31.7 Å². The molecule has 0 aromatic heterocycles. The lowest BCUT2D eigenvalue weighted by atomic mass is 9.95. The molecule has 0 aliphatic heterocycles. The molecule has 0 rings (SSSR count). The van der Waals surface area contributed by atoms with Crippen molar-refractivity contribution in [3.8, 4) is 0 Å². The summed E-state index contributed by atoms with van der Waals surface area (Å²) < 4.78 is 5.52. The van der Waals surface area contributed by atoms with Crippen LogP contribution in [0.1, 0.15) is 46.5 Å². The Morgan fingerprint density at radius 3 is 2.41 bits per heavy atom. The van der Waals surface area contributed by atoms with Crippen LogP contribution in [0.5, 0.6) is 0 Å². The van der Waals surface area contributed by atoms with Crippen molar-refractivity contribution in [3.63, 3.8) is 0 Å². The minimum Gasteiger partial charge on any atom is -0.381 e. The number of carbonyl (C=O) groups is 1. The van der Waals surface area contributed by atoms with Gasteiger partial charge in [0.05, 0.1) is 5.54 Å². The Balaban J connectivity index is 3.53. The first-order chi connectivity index (χ1) is 7.92. The Kier molecular flexibility index (Phi) is 8.17. The van der Waals surface area contributed by atoms with E-state index in [1.807, 2.05) is 6.92 Å². The van der Waals surface area contributed by atoms with Crippen LogP contribution < -0.4 is 11.1 Å². The second kappa shape index (κ2) is 8.48. The zero-order chi connectivity index (χ0) is 13.3. The Hall–Kier alpha value is -0.610. The Labute approximate surface area is 105 Å². The Morgan fingerprint density at radius 2 is 1.94 bits per heavy atom. The van der Waals surface area contributed by atoms with Gasteiger partial charge in [0.2, 0.25) is 5.91 Å². The van der Waals surface area contributed by atoms with Crippen molar-refractivity contribution in [3.05, 3.63) is 0 Å². The molecule has 0 heterocycles. The summed E-state index contributed by atoms with van der Waals surface area (Å²) in [6.45, 7) is 7.76. The van der Waals surface area contributed by atoms with E-state index in [-0.39, 0.29) is 5.91 Å². The predicted octanol–water partition coefficient (Wildman–Crippen LogP) is 1.68. The van der Waals surface area contributed by atoms with Crippen LogP contribution in [0.15, 0.2) is 0 Å². The van der Waals surface area contributed by atoms with E-state index in [4.69, 9.17) is 10.5 Å². The van der Waals surface area contributed by atoms with E-state index in [9.17, 15) is 4.79 Å². The molecule has 0 aliphatic carbocycles. The van der Waals surface area contributed by atoms with Crippen LogP contribution in [0.2, 0.25) is 0 Å². The number of amides is 1. The fourth-order valence-electron chi connectivity index (χ4n) is 1.59. The average Bonchev–Trinajstić information content (AvgIpc) is 2.26. The topological polar surface area (TPSA) is 64.3 Å². The molecular formula is C13H28N2O2. The molecule has 0 aromatic carbocycles. The molecule has 0 saturated carbocycles. The number of ether oxygens (including phenoxy) is 1. The molecule has 0 aliphatic rings. The zero-order valence-corrected chi connectivity index (χ0v) is 11.7. The second-order valence-electron chi connectivity index (χ2n) is 5.20. The van der Waals surface area contributed by atoms with Gasteiger partial charge in [0.25, 0.3) is 0 Å². The minimum atomic E-state index is -0.610. The number of nitrogens with two attached hydrogens (primary N) is 1. The van der Waals surface area contributed by atoms with Crippen LogP contribution >= 0.6 is 0 Å². The number of hydrogen-bond donors (Lipinski definition) is 2. The van der Waals surface area contributed by atoms with Gasteiger partial charge in [-0.05, 0) is 45.6 Å². The highest BCUT2D eigenvalue weighted by molar-refractivity contribution is 5.84. The van der Waals surface area contributed by atoms with E-state index in [2.05, 4.69) is 19.2 Å². The van der Waals surface area contributed by atoms with Crippen molar-refractivity contribution in [2.75, 3.05) is 20.3 Å².